The Morgan fingerprint density at radius 1 is 0.438 bits per heavy atom. The number of hydrogen-bond donors (Lipinski definition) is 5. The minimum atomic E-state index is -0.825. The summed E-state index contributed by atoms with van der Waals surface area (Å²) >= 11 is 6.84. The van der Waals surface area contributed by atoms with Gasteiger partial charge in [-0.15, -0.1) is 0 Å². The number of methoxy groups -OCH3 is 4. The molecule has 0 aromatic heterocycles. The molecule has 8 aromatic carbocycles. The Morgan fingerprint density at radius 2 is 0.789 bits per heavy atom. The van der Waals surface area contributed by atoms with Gasteiger partial charge in [-0.05, 0) is 175 Å². The number of rotatable bonds is 32. The number of unbranched alkanes of at least 4 members (excludes halogenated alkanes) is 2. The highest BCUT2D eigenvalue weighted by atomic mass is 79.9. The molecule has 7 amide bonds. The van der Waals surface area contributed by atoms with Gasteiger partial charge in [-0.25, -0.2) is 0 Å². The van der Waals surface area contributed by atoms with Crippen LogP contribution < -0.4 is 40.2 Å². The number of Topliss-reactive ketones (excluding diaryl/α,β-unsaturated/α-hetero) is 2. The molecule has 0 aliphatic carbocycles. The number of alkyl halides is 2. The van der Waals surface area contributed by atoms with Gasteiger partial charge >= 0.3 is 11.9 Å². The zero-order chi connectivity index (χ0) is 91.4. The Hall–Kier alpha value is -12.7. The van der Waals surface area contributed by atoms with E-state index in [0.29, 0.717) is 142 Å². The van der Waals surface area contributed by atoms with Crippen LogP contribution in [-0.2, 0) is 111 Å². The van der Waals surface area contributed by atoms with Gasteiger partial charge in [0.2, 0.25) is 23.6 Å². The summed E-state index contributed by atoms with van der Waals surface area (Å²) < 4.78 is 33.0. The Labute approximate surface area is 760 Å². The first-order valence-corrected chi connectivity index (χ1v) is 44.9. The fourth-order valence-electron chi connectivity index (χ4n) is 16.0. The maximum Gasteiger partial charge on any atom is 0.305 e. The molecule has 128 heavy (non-hydrogen) atoms. The number of amides is 7. The first-order chi connectivity index (χ1) is 61.6. The number of ether oxygens (including phenoxy) is 6. The van der Waals surface area contributed by atoms with E-state index in [0.717, 1.165) is 34.2 Å². The zero-order valence-electron chi connectivity index (χ0n) is 73.1. The Morgan fingerprint density at radius 3 is 1.19 bits per heavy atom. The van der Waals surface area contributed by atoms with Crippen molar-refractivity contribution in [1.82, 2.24) is 25.3 Å². The molecule has 6 aliphatic heterocycles. The van der Waals surface area contributed by atoms with Crippen molar-refractivity contribution in [2.24, 2.45) is 26.8 Å². The quantitative estimate of drug-likeness (QED) is 0.0148. The van der Waals surface area contributed by atoms with Gasteiger partial charge in [0.25, 0.3) is 17.7 Å². The highest BCUT2D eigenvalue weighted by molar-refractivity contribution is 9.08. The smallest absolute Gasteiger partial charge is 0.305 e. The molecule has 0 radical (unpaired) electrons. The number of carbonyl (C=O) groups excluding carboxylic acids is 11. The van der Waals surface area contributed by atoms with Crippen molar-refractivity contribution in [3.05, 3.63) is 223 Å². The van der Waals surface area contributed by atoms with E-state index >= 15 is 0 Å². The Kier molecular flexibility index (Phi) is 32.6. The van der Waals surface area contributed by atoms with Crippen LogP contribution in [-0.4, -0.2) is 162 Å². The third kappa shape index (κ3) is 24.1. The van der Waals surface area contributed by atoms with Gasteiger partial charge in [-0.3, -0.25) is 67.7 Å². The summed E-state index contributed by atoms with van der Waals surface area (Å²) in [4.78, 5) is 160. The minimum absolute atomic E-state index is 0.0117. The van der Waals surface area contributed by atoms with Crippen molar-refractivity contribution in [1.29, 1.82) is 0 Å². The number of carbonyl (C=O) groups is 11. The van der Waals surface area contributed by atoms with Crippen LogP contribution in [0.1, 0.15) is 184 Å². The summed E-state index contributed by atoms with van der Waals surface area (Å²) in [6.45, 7) is 10.0. The van der Waals surface area contributed by atoms with Crippen LogP contribution in [0.3, 0.4) is 0 Å². The van der Waals surface area contributed by atoms with E-state index in [4.69, 9.17) is 28.9 Å². The van der Waals surface area contributed by atoms with E-state index in [-0.39, 0.29) is 140 Å². The molecule has 5 N–H and O–H groups in total. The monoisotopic (exact) mass is 1870 g/mol. The minimum Gasteiger partial charge on any atom is -0.504 e. The van der Waals surface area contributed by atoms with Crippen LogP contribution in [0, 0.1) is 18.8 Å². The third-order valence-corrected chi connectivity index (χ3v) is 24.6. The molecule has 0 unspecified atom stereocenters. The van der Waals surface area contributed by atoms with Gasteiger partial charge in [-0.1, -0.05) is 125 Å². The lowest BCUT2D eigenvalue weighted by Crippen LogP contribution is -2.44. The highest BCUT2D eigenvalue weighted by Crippen LogP contribution is 2.42. The average molecular weight is 1870 g/mol. The van der Waals surface area contributed by atoms with Crippen LogP contribution in [0.5, 0.6) is 28.7 Å². The van der Waals surface area contributed by atoms with Crippen molar-refractivity contribution in [2.45, 2.75) is 192 Å². The first kappa shape index (κ1) is 94.4. The number of hydrogen-bond acceptors (Lipinski definition) is 21. The number of phenolic OH excluding ortho intramolecular Hbond substituents is 1. The number of halogens is 2. The Balaban J connectivity index is 0.000000223. The number of aryl methyl sites for hydroxylation is 1. The van der Waals surface area contributed by atoms with E-state index in [1.807, 2.05) is 107 Å². The van der Waals surface area contributed by atoms with E-state index in [1.54, 1.807) is 70.3 Å². The lowest BCUT2D eigenvalue weighted by molar-refractivity contribution is -0.141. The van der Waals surface area contributed by atoms with Gasteiger partial charge in [-0.2, -0.15) is 0 Å². The summed E-state index contributed by atoms with van der Waals surface area (Å²) in [5.41, 5.74) is 15.1. The number of aromatic hydroxyl groups is 1. The number of esters is 2. The molecule has 0 saturated carbocycles. The number of anilines is 2. The fourth-order valence-corrected chi connectivity index (χ4v) is 16.6. The number of aliphatic imine (C=N–C) groups is 3. The van der Waals surface area contributed by atoms with Crippen molar-refractivity contribution in [2.75, 3.05) is 39.1 Å². The zero-order valence-corrected chi connectivity index (χ0v) is 76.3. The van der Waals surface area contributed by atoms with Crippen molar-refractivity contribution < 1.29 is 86.3 Å². The molecular weight excluding hydrogens is 1760 g/mol. The SMILES string of the molecule is COC(=O)CCCCC(=O)N[C@@H](C)C(=O)C[C@@H](C)C(=O)Nc1cc(CBr)cc(CBr)c1.COC(=O)CCCCC(=O)N[C@@H](C)C(=O)C[C@@H](C)C(=O)Nc1cc(COc2cc3c(cc2C)C(=O)N2Cc4ccccc4C[C@H]2C=N3)cc(COc2cc3c(cc2OC)C(=O)N2Cc4ccccc4C[C@H]2C=N3)c1.COc1cc2c(cc1O)N=C[C@@H]1Cc3ccccc3CN1C2=O. The van der Waals surface area contributed by atoms with Crippen LogP contribution in [0.15, 0.2) is 161 Å². The van der Waals surface area contributed by atoms with Crippen molar-refractivity contribution in [3.63, 3.8) is 0 Å². The lowest BCUT2D eigenvalue weighted by atomic mass is 9.94. The number of nitrogens with zero attached hydrogens (tertiary/aromatic N) is 6. The highest BCUT2D eigenvalue weighted by Gasteiger charge is 2.38. The van der Waals surface area contributed by atoms with Crippen LogP contribution in [0.2, 0.25) is 0 Å². The standard InChI is InChI=1S/C58H60N6O10.C22H30Br2N2O5.C18H16N2O3/c1-34-18-46-48(59-28-44-23-39-12-6-8-14-41(39)30-63(44)57(46)69)26-51(34)73-32-37-20-38(22-43(21-37)62-56(68)35(2)19-50(65)36(3)61-54(66)16-10-11-17-55(67)72-5)33-74-53-27-49-47(25-52(53)71-4)58(70)64-31-42-15-9-7-13-40(42)24-45(64)29-60-49;1-14(22(30)26-18-10-16(12-23)9-17(11-18)13-24)8-19(27)15(2)25-20(28)6-4-5-7-21(29)31-3;1-23-17-7-14-15(8-16(17)21)19-9-13-6-11-4-2-3-5-12(11)10-20(13)18(14)22/h6-9,12-15,18,20-22,25-29,35-36,44-45H,10-11,16-17,19,23-24,30-33H2,1-5H3,(H,61,66)(H,62,68);9-11,14-15H,4-8,12-13H2,1-3H3,(H,25,28)(H,26,30);2-5,7-9,13,21H,6,10H2,1H3/t35-,36+,44+,45+;14-,15+;13-/m110/s1. The maximum atomic E-state index is 14.1. The number of ketones is 2. The van der Waals surface area contributed by atoms with Crippen LogP contribution in [0.4, 0.5) is 28.4 Å². The normalized spacial score (nSPS) is 16.2. The van der Waals surface area contributed by atoms with E-state index in [1.165, 1.54) is 56.8 Å². The molecule has 0 saturated heterocycles. The van der Waals surface area contributed by atoms with Crippen molar-refractivity contribution >= 4 is 144 Å². The van der Waals surface area contributed by atoms with Crippen LogP contribution >= 0.6 is 31.9 Å². The second-order valence-electron chi connectivity index (χ2n) is 32.6. The summed E-state index contributed by atoms with van der Waals surface area (Å²) in [5, 5.41) is 22.5. The molecular formula is C98H106Br2N10O18. The predicted molar refractivity (Wildman–Crippen MR) is 493 cm³/mol. The maximum absolute atomic E-state index is 14.1. The second kappa shape index (κ2) is 44.2. The van der Waals surface area contributed by atoms with Gasteiger partial charge in [0.15, 0.2) is 34.6 Å². The van der Waals surface area contributed by atoms with Gasteiger partial charge in [0, 0.05) is 129 Å². The molecule has 8 aromatic rings. The summed E-state index contributed by atoms with van der Waals surface area (Å²) in [7, 11) is 5.61. The molecule has 30 heteroatoms. The Bertz CT molecular complexity index is 5610. The fraction of sp³-hybridized carbons (Fsp3) is 0.367. The molecule has 0 spiro atoms. The van der Waals surface area contributed by atoms with Gasteiger partial charge < -0.3 is 69.5 Å². The lowest BCUT2D eigenvalue weighted by Gasteiger charge is -2.34. The number of nitrogens with one attached hydrogen (secondary N) is 4. The predicted octanol–water partition coefficient (Wildman–Crippen LogP) is 15.4. The summed E-state index contributed by atoms with van der Waals surface area (Å²) in [5.74, 6) is -2.54. The molecule has 7 atom stereocenters. The van der Waals surface area contributed by atoms with Gasteiger partial charge in [0.05, 0.1) is 92.4 Å². The van der Waals surface area contributed by atoms with Crippen LogP contribution in [0.25, 0.3) is 0 Å². The average Bonchev–Trinajstić information content (AvgIpc) is 1.61. The van der Waals surface area contributed by atoms with Crippen molar-refractivity contribution in [3.8, 4) is 28.7 Å². The molecule has 6 heterocycles. The van der Waals surface area contributed by atoms with E-state index in [9.17, 15) is 57.8 Å². The largest absolute Gasteiger partial charge is 0.504 e. The molecule has 0 fully saturated rings. The molecule has 14 rings (SSSR count). The van der Waals surface area contributed by atoms with E-state index in [2.05, 4.69) is 97.9 Å². The summed E-state index contributed by atoms with van der Waals surface area (Å²) in [6.07, 6.45) is 10.3. The van der Waals surface area contributed by atoms with E-state index < -0.39 is 29.8 Å². The molecule has 0 bridgehead atoms. The second-order valence-corrected chi connectivity index (χ2v) is 33.8. The number of benzene rings is 8. The number of phenols is 1. The molecule has 6 aliphatic rings. The molecule has 28 nitrogen and oxygen atoms in total. The number of fused-ring (bicyclic) bond motifs is 9. The van der Waals surface area contributed by atoms with Gasteiger partial charge in [0.1, 0.15) is 19.0 Å². The molecule has 670 valence electrons. The summed E-state index contributed by atoms with van der Waals surface area (Å²) in [6, 6.07) is 43.7. The first-order valence-electron chi connectivity index (χ1n) is 42.7. The topological polar surface area (TPSA) is 358 Å². The third-order valence-electron chi connectivity index (χ3n) is 23.3.